The van der Waals surface area contributed by atoms with Crippen molar-refractivity contribution in [2.24, 2.45) is 11.8 Å². The van der Waals surface area contributed by atoms with Gasteiger partial charge < -0.3 is 10.2 Å². The van der Waals surface area contributed by atoms with Gasteiger partial charge in [0.25, 0.3) is 5.91 Å². The Balaban J connectivity index is 1.29. The second kappa shape index (κ2) is 9.93. The van der Waals surface area contributed by atoms with Gasteiger partial charge in [-0.3, -0.25) is 14.6 Å². The molecule has 1 amide bonds. The number of likely N-dealkylation sites (tertiary alicyclic amines) is 1. The maximum absolute atomic E-state index is 13.6. The SMILES string of the molecule is Cc1nc2nc(N[C@@H](C)c3cncc(F)c3)nc(C(=O)N3CC(CC(=O)C4CCCCC4)C3)c2s1. The Morgan fingerprint density at radius 3 is 2.69 bits per heavy atom. The second-order valence-electron chi connectivity index (χ2n) is 9.67. The summed E-state index contributed by atoms with van der Waals surface area (Å²) in [6, 6.07) is 1.08. The van der Waals surface area contributed by atoms with E-state index in [9.17, 15) is 14.0 Å². The molecule has 1 aliphatic heterocycles. The van der Waals surface area contributed by atoms with Gasteiger partial charge in [-0.05, 0) is 38.3 Å². The van der Waals surface area contributed by atoms with Crippen molar-refractivity contribution in [1.82, 2.24) is 24.8 Å². The third-order valence-corrected chi connectivity index (χ3v) is 7.90. The number of aromatic nitrogens is 4. The van der Waals surface area contributed by atoms with Gasteiger partial charge in [0, 0.05) is 37.5 Å². The Bertz CT molecular complexity index is 1250. The number of hydrogen-bond donors (Lipinski definition) is 1. The van der Waals surface area contributed by atoms with Crippen molar-refractivity contribution < 1.29 is 14.0 Å². The van der Waals surface area contributed by atoms with E-state index in [4.69, 9.17) is 0 Å². The Hall–Kier alpha value is -3.01. The van der Waals surface area contributed by atoms with Gasteiger partial charge in [0.2, 0.25) is 5.95 Å². The minimum Gasteiger partial charge on any atom is -0.348 e. The van der Waals surface area contributed by atoms with Crippen molar-refractivity contribution in [2.45, 2.75) is 58.4 Å². The fourth-order valence-electron chi connectivity index (χ4n) is 4.97. The van der Waals surface area contributed by atoms with Gasteiger partial charge in [-0.15, -0.1) is 11.3 Å². The lowest BCUT2D eigenvalue weighted by Gasteiger charge is -2.39. The standard InChI is InChI=1S/C25H29FN6O2S/c1-14(18-9-19(26)11-27-10-18)28-25-30-21(22-23(31-25)29-15(2)35-22)24(34)32-12-16(13-32)8-20(33)17-6-4-3-5-7-17/h9-11,14,16-17H,3-8,12-13H2,1-2H3,(H,28,30,31)/t14-/m0/s1. The van der Waals surface area contributed by atoms with Gasteiger partial charge in [0.1, 0.15) is 16.3 Å². The molecule has 2 aliphatic rings. The lowest BCUT2D eigenvalue weighted by Crippen LogP contribution is -2.51. The van der Waals surface area contributed by atoms with Crippen LogP contribution < -0.4 is 5.32 Å². The first kappa shape index (κ1) is 23.7. The van der Waals surface area contributed by atoms with Crippen LogP contribution in [-0.2, 0) is 4.79 Å². The fourth-order valence-corrected chi connectivity index (χ4v) is 5.81. The van der Waals surface area contributed by atoms with Crippen LogP contribution in [0.5, 0.6) is 0 Å². The zero-order valence-electron chi connectivity index (χ0n) is 20.0. The third kappa shape index (κ3) is 5.17. The van der Waals surface area contributed by atoms with Crippen molar-refractivity contribution in [3.63, 3.8) is 0 Å². The van der Waals surface area contributed by atoms with E-state index >= 15 is 0 Å². The normalized spacial score (nSPS) is 17.9. The Labute approximate surface area is 207 Å². The first-order chi connectivity index (χ1) is 16.9. The quantitative estimate of drug-likeness (QED) is 0.505. The number of thiazole rings is 1. The highest BCUT2D eigenvalue weighted by molar-refractivity contribution is 7.18. The molecule has 0 unspecified atom stereocenters. The molecule has 0 spiro atoms. The highest BCUT2D eigenvalue weighted by Gasteiger charge is 2.36. The van der Waals surface area contributed by atoms with Gasteiger partial charge in [0.15, 0.2) is 11.3 Å². The summed E-state index contributed by atoms with van der Waals surface area (Å²) in [4.78, 5) is 45.1. The number of carbonyl (C=O) groups excluding carboxylic acids is 2. The number of hydrogen-bond acceptors (Lipinski definition) is 8. The van der Waals surface area contributed by atoms with Crippen LogP contribution in [0.2, 0.25) is 0 Å². The summed E-state index contributed by atoms with van der Waals surface area (Å²) >= 11 is 1.39. The van der Waals surface area contributed by atoms with E-state index in [0.29, 0.717) is 46.9 Å². The topological polar surface area (TPSA) is 101 Å². The molecule has 10 heteroatoms. The van der Waals surface area contributed by atoms with Crippen LogP contribution in [0.3, 0.4) is 0 Å². The largest absolute Gasteiger partial charge is 0.348 e. The highest BCUT2D eigenvalue weighted by Crippen LogP contribution is 2.31. The number of nitrogens with one attached hydrogen (secondary N) is 1. The van der Waals surface area contributed by atoms with Crippen molar-refractivity contribution in [1.29, 1.82) is 0 Å². The third-order valence-electron chi connectivity index (χ3n) is 6.93. The lowest BCUT2D eigenvalue weighted by atomic mass is 9.81. The van der Waals surface area contributed by atoms with Crippen LogP contribution in [0.25, 0.3) is 10.3 Å². The number of aryl methyl sites for hydroxylation is 1. The summed E-state index contributed by atoms with van der Waals surface area (Å²) in [5.41, 5.74) is 1.41. The van der Waals surface area contributed by atoms with Gasteiger partial charge in [-0.1, -0.05) is 19.3 Å². The van der Waals surface area contributed by atoms with Crippen LogP contribution in [0.15, 0.2) is 18.5 Å². The number of pyridine rings is 1. The van der Waals surface area contributed by atoms with Crippen molar-refractivity contribution in [3.05, 3.63) is 40.5 Å². The molecule has 1 saturated heterocycles. The molecule has 2 fully saturated rings. The van der Waals surface area contributed by atoms with E-state index < -0.39 is 5.82 Å². The second-order valence-corrected chi connectivity index (χ2v) is 10.9. The molecule has 0 bridgehead atoms. The summed E-state index contributed by atoms with van der Waals surface area (Å²) in [6.07, 6.45) is 8.83. The molecule has 184 valence electrons. The van der Waals surface area contributed by atoms with E-state index in [1.54, 1.807) is 11.1 Å². The molecule has 0 radical (unpaired) electrons. The molecule has 0 aromatic carbocycles. The van der Waals surface area contributed by atoms with Gasteiger partial charge >= 0.3 is 0 Å². The van der Waals surface area contributed by atoms with Crippen molar-refractivity contribution in [2.75, 3.05) is 18.4 Å². The number of Topliss-reactive ketones (excluding diaryl/α,β-unsaturated/α-hetero) is 1. The number of rotatable bonds is 7. The van der Waals surface area contributed by atoms with Crippen LogP contribution in [-0.4, -0.2) is 49.6 Å². The average molecular weight is 497 g/mol. The predicted octanol–water partition coefficient (Wildman–Crippen LogP) is 4.71. The number of amides is 1. The number of ketones is 1. The molecule has 1 atom stereocenters. The molecule has 8 nitrogen and oxygen atoms in total. The predicted molar refractivity (Wildman–Crippen MR) is 132 cm³/mol. The summed E-state index contributed by atoms with van der Waals surface area (Å²) < 4.78 is 14.2. The van der Waals surface area contributed by atoms with Crippen LogP contribution in [0, 0.1) is 24.6 Å². The molecule has 4 heterocycles. The number of nitrogens with zero attached hydrogens (tertiary/aromatic N) is 5. The molecule has 5 rings (SSSR count). The monoisotopic (exact) mass is 496 g/mol. The number of carbonyl (C=O) groups is 2. The molecule has 3 aromatic heterocycles. The number of anilines is 1. The summed E-state index contributed by atoms with van der Waals surface area (Å²) in [5.74, 6) is 0.438. The van der Waals surface area contributed by atoms with Crippen LogP contribution >= 0.6 is 11.3 Å². The van der Waals surface area contributed by atoms with Gasteiger partial charge in [0.05, 0.1) is 17.2 Å². The van der Waals surface area contributed by atoms with Gasteiger partial charge in [-0.25, -0.2) is 14.4 Å². The lowest BCUT2D eigenvalue weighted by molar-refractivity contribution is -0.125. The van der Waals surface area contributed by atoms with Crippen LogP contribution in [0.4, 0.5) is 10.3 Å². The van der Waals surface area contributed by atoms with E-state index in [2.05, 4.69) is 25.3 Å². The number of halogens is 1. The summed E-state index contributed by atoms with van der Waals surface area (Å²) in [6.45, 7) is 4.84. The first-order valence-electron chi connectivity index (χ1n) is 12.2. The van der Waals surface area contributed by atoms with E-state index in [1.807, 2.05) is 13.8 Å². The van der Waals surface area contributed by atoms with Crippen LogP contribution in [0.1, 0.15) is 72.6 Å². The average Bonchev–Trinajstić information content (AvgIpc) is 3.20. The van der Waals surface area contributed by atoms with E-state index in [1.165, 1.54) is 23.8 Å². The van der Waals surface area contributed by atoms with Crippen molar-refractivity contribution >= 4 is 39.3 Å². The van der Waals surface area contributed by atoms with Crippen molar-refractivity contribution in [3.8, 4) is 0 Å². The molecular weight excluding hydrogens is 467 g/mol. The summed E-state index contributed by atoms with van der Waals surface area (Å²) in [5, 5.41) is 3.94. The van der Waals surface area contributed by atoms with E-state index in [0.717, 1.165) is 36.9 Å². The molecular formula is C25H29FN6O2S. The maximum Gasteiger partial charge on any atom is 0.274 e. The molecule has 1 N–H and O–H groups in total. The number of fused-ring (bicyclic) bond motifs is 1. The minimum atomic E-state index is -0.423. The Kier molecular flexibility index (Phi) is 6.73. The zero-order valence-corrected chi connectivity index (χ0v) is 20.8. The fraction of sp³-hybridized carbons (Fsp3) is 0.520. The summed E-state index contributed by atoms with van der Waals surface area (Å²) in [7, 11) is 0. The molecule has 1 aliphatic carbocycles. The molecule has 1 saturated carbocycles. The van der Waals surface area contributed by atoms with E-state index in [-0.39, 0.29) is 29.7 Å². The molecule has 3 aromatic rings. The van der Waals surface area contributed by atoms with Gasteiger partial charge in [-0.2, -0.15) is 4.98 Å². The highest BCUT2D eigenvalue weighted by atomic mass is 32.1. The Morgan fingerprint density at radius 1 is 1.17 bits per heavy atom. The zero-order chi connectivity index (χ0) is 24.5. The first-order valence-corrected chi connectivity index (χ1v) is 13.0. The maximum atomic E-state index is 13.6. The Morgan fingerprint density at radius 2 is 1.94 bits per heavy atom. The minimum absolute atomic E-state index is 0.175. The smallest absolute Gasteiger partial charge is 0.274 e. The molecule has 35 heavy (non-hydrogen) atoms.